The smallest absolute Gasteiger partial charge is 0.274 e. The van der Waals surface area contributed by atoms with Crippen molar-refractivity contribution in [2.75, 3.05) is 14.1 Å². The minimum Gasteiger partial charge on any atom is -0.343 e. The van der Waals surface area contributed by atoms with Crippen LogP contribution in [0.4, 0.5) is 0 Å². The van der Waals surface area contributed by atoms with Crippen molar-refractivity contribution < 1.29 is 4.79 Å². The van der Waals surface area contributed by atoms with Gasteiger partial charge in [0.05, 0.1) is 11.4 Å². The molecular formula is C14H17N3O2. The quantitative estimate of drug-likeness (QED) is 0.824. The number of nitrogens with zero attached hydrogens (tertiary/aromatic N) is 3. The molecule has 0 bridgehead atoms. The summed E-state index contributed by atoms with van der Waals surface area (Å²) < 4.78 is 1.36. The molecule has 0 aliphatic rings. The topological polar surface area (TPSA) is 55.2 Å². The molecule has 0 radical (unpaired) electrons. The number of carbonyl (C=O) groups is 1. The average Bonchev–Trinajstić information content (AvgIpc) is 2.38. The van der Waals surface area contributed by atoms with Crippen LogP contribution in [0.15, 0.2) is 29.1 Å². The number of fused-ring (bicyclic) bond motifs is 1. The molecule has 2 aromatic rings. The zero-order valence-corrected chi connectivity index (χ0v) is 11.5. The first kappa shape index (κ1) is 13.3. The lowest BCUT2D eigenvalue weighted by molar-refractivity contribution is 0.0821. The van der Waals surface area contributed by atoms with Crippen molar-refractivity contribution in [3.63, 3.8) is 0 Å². The molecule has 1 amide bonds. The third-order valence-electron chi connectivity index (χ3n) is 2.93. The molecule has 1 aromatic heterocycles. The fourth-order valence-corrected chi connectivity index (χ4v) is 1.93. The van der Waals surface area contributed by atoms with E-state index in [1.807, 2.05) is 13.8 Å². The number of hydrogen-bond acceptors (Lipinski definition) is 3. The van der Waals surface area contributed by atoms with E-state index in [1.54, 1.807) is 38.4 Å². The third-order valence-corrected chi connectivity index (χ3v) is 2.93. The average molecular weight is 259 g/mol. The zero-order valence-electron chi connectivity index (χ0n) is 11.5. The summed E-state index contributed by atoms with van der Waals surface area (Å²) in [4.78, 5) is 25.9. The predicted molar refractivity (Wildman–Crippen MR) is 74.4 cm³/mol. The summed E-state index contributed by atoms with van der Waals surface area (Å²) in [5.41, 5.74) is 0.148. The van der Waals surface area contributed by atoms with Crippen LogP contribution >= 0.6 is 0 Å². The molecule has 0 saturated carbocycles. The Labute approximate surface area is 111 Å². The van der Waals surface area contributed by atoms with E-state index in [2.05, 4.69) is 5.10 Å². The van der Waals surface area contributed by atoms with Crippen molar-refractivity contribution >= 4 is 16.7 Å². The molecule has 0 unspecified atom stereocenters. The Morgan fingerprint density at radius 2 is 1.79 bits per heavy atom. The number of hydrogen-bond donors (Lipinski definition) is 0. The van der Waals surface area contributed by atoms with Gasteiger partial charge >= 0.3 is 0 Å². The summed E-state index contributed by atoms with van der Waals surface area (Å²) in [6.07, 6.45) is 0. The molecule has 0 N–H and O–H groups in total. The number of amides is 1. The molecule has 0 atom stereocenters. The molecule has 5 nitrogen and oxygen atoms in total. The minimum absolute atomic E-state index is 0.0918. The van der Waals surface area contributed by atoms with E-state index in [0.717, 1.165) is 0 Å². The summed E-state index contributed by atoms with van der Waals surface area (Å²) in [6, 6.07) is 6.98. The van der Waals surface area contributed by atoms with E-state index in [0.29, 0.717) is 16.5 Å². The van der Waals surface area contributed by atoms with Crippen molar-refractivity contribution in [2.24, 2.45) is 0 Å². The lowest BCUT2D eigenvalue weighted by atomic mass is 10.1. The molecule has 5 heteroatoms. The van der Waals surface area contributed by atoms with Gasteiger partial charge in [-0.15, -0.1) is 0 Å². The summed E-state index contributed by atoms with van der Waals surface area (Å²) in [7, 11) is 3.34. The Kier molecular flexibility index (Phi) is 3.38. The summed E-state index contributed by atoms with van der Waals surface area (Å²) in [6.45, 7) is 3.74. The molecule has 0 spiro atoms. The number of aromatic nitrogens is 2. The number of carbonyl (C=O) groups excluding carboxylic acids is 1. The van der Waals surface area contributed by atoms with E-state index in [9.17, 15) is 9.59 Å². The van der Waals surface area contributed by atoms with Gasteiger partial charge < -0.3 is 4.90 Å². The second-order valence-electron chi connectivity index (χ2n) is 4.94. The maximum absolute atomic E-state index is 12.3. The highest BCUT2D eigenvalue weighted by Gasteiger charge is 2.18. The highest BCUT2D eigenvalue weighted by molar-refractivity contribution is 6.04. The second kappa shape index (κ2) is 4.84. The van der Waals surface area contributed by atoms with Gasteiger partial charge in [-0.3, -0.25) is 9.59 Å². The standard InChI is InChI=1S/C14H17N3O2/c1-9(2)17-13(18)11-8-6-5-7-10(11)12(15-17)14(19)16(3)4/h5-9H,1-4H3. The van der Waals surface area contributed by atoms with Crippen LogP contribution in [-0.2, 0) is 0 Å². The number of rotatable bonds is 2. The first-order valence-corrected chi connectivity index (χ1v) is 6.16. The Bertz CT molecular complexity index is 687. The highest BCUT2D eigenvalue weighted by Crippen LogP contribution is 2.15. The Hall–Kier alpha value is -2.17. The normalized spacial score (nSPS) is 11.0. The fourth-order valence-electron chi connectivity index (χ4n) is 1.93. The van der Waals surface area contributed by atoms with Gasteiger partial charge in [0.1, 0.15) is 0 Å². The largest absolute Gasteiger partial charge is 0.343 e. The van der Waals surface area contributed by atoms with Crippen LogP contribution in [0.2, 0.25) is 0 Å². The van der Waals surface area contributed by atoms with Crippen LogP contribution in [0, 0.1) is 0 Å². The van der Waals surface area contributed by atoms with E-state index in [-0.39, 0.29) is 17.5 Å². The van der Waals surface area contributed by atoms with Gasteiger partial charge in [0, 0.05) is 19.5 Å². The van der Waals surface area contributed by atoms with Crippen molar-refractivity contribution in [3.05, 3.63) is 40.3 Å². The fraction of sp³-hybridized carbons (Fsp3) is 0.357. The van der Waals surface area contributed by atoms with Crippen LogP contribution < -0.4 is 5.56 Å². The van der Waals surface area contributed by atoms with Crippen LogP contribution in [0.5, 0.6) is 0 Å². The molecule has 100 valence electrons. The lowest BCUT2D eigenvalue weighted by Gasteiger charge is -2.15. The molecule has 1 aromatic carbocycles. The van der Waals surface area contributed by atoms with Gasteiger partial charge in [-0.2, -0.15) is 5.10 Å². The second-order valence-corrected chi connectivity index (χ2v) is 4.94. The molecule has 0 aliphatic carbocycles. The van der Waals surface area contributed by atoms with Crippen molar-refractivity contribution in [1.29, 1.82) is 0 Å². The molecule has 0 saturated heterocycles. The summed E-state index contributed by atoms with van der Waals surface area (Å²) in [5, 5.41) is 5.36. The minimum atomic E-state index is -0.203. The van der Waals surface area contributed by atoms with E-state index < -0.39 is 0 Å². The van der Waals surface area contributed by atoms with Gasteiger partial charge in [0.25, 0.3) is 11.5 Å². The molecular weight excluding hydrogens is 242 g/mol. The van der Waals surface area contributed by atoms with Gasteiger partial charge in [-0.05, 0) is 19.9 Å². The van der Waals surface area contributed by atoms with Crippen LogP contribution in [-0.4, -0.2) is 34.7 Å². The monoisotopic (exact) mass is 259 g/mol. The summed E-state index contributed by atoms with van der Waals surface area (Å²) in [5.74, 6) is -0.203. The Morgan fingerprint density at radius 1 is 1.21 bits per heavy atom. The zero-order chi connectivity index (χ0) is 14.2. The van der Waals surface area contributed by atoms with E-state index in [1.165, 1.54) is 9.58 Å². The first-order valence-electron chi connectivity index (χ1n) is 6.16. The van der Waals surface area contributed by atoms with Gasteiger partial charge in [0.2, 0.25) is 0 Å². The van der Waals surface area contributed by atoms with Crippen LogP contribution in [0.25, 0.3) is 10.8 Å². The molecule has 2 rings (SSSR count). The molecule has 0 aliphatic heterocycles. The highest BCUT2D eigenvalue weighted by atomic mass is 16.2. The SMILES string of the molecule is CC(C)n1nc(C(=O)N(C)C)c2ccccc2c1=O. The third kappa shape index (κ3) is 2.23. The van der Waals surface area contributed by atoms with Gasteiger partial charge in [0.15, 0.2) is 5.69 Å². The maximum Gasteiger partial charge on any atom is 0.274 e. The van der Waals surface area contributed by atoms with Crippen molar-refractivity contribution in [3.8, 4) is 0 Å². The predicted octanol–water partition coefficient (Wildman–Crippen LogP) is 1.68. The first-order chi connectivity index (χ1) is 8.93. The molecule has 19 heavy (non-hydrogen) atoms. The van der Waals surface area contributed by atoms with E-state index >= 15 is 0 Å². The molecule has 1 heterocycles. The Morgan fingerprint density at radius 3 is 2.32 bits per heavy atom. The van der Waals surface area contributed by atoms with Gasteiger partial charge in [-0.25, -0.2) is 4.68 Å². The lowest BCUT2D eigenvalue weighted by Crippen LogP contribution is -2.31. The maximum atomic E-state index is 12.3. The van der Waals surface area contributed by atoms with Crippen molar-refractivity contribution in [2.45, 2.75) is 19.9 Å². The van der Waals surface area contributed by atoms with E-state index in [4.69, 9.17) is 0 Å². The van der Waals surface area contributed by atoms with Gasteiger partial charge in [-0.1, -0.05) is 18.2 Å². The summed E-state index contributed by atoms with van der Waals surface area (Å²) >= 11 is 0. The number of benzene rings is 1. The van der Waals surface area contributed by atoms with Crippen LogP contribution in [0.3, 0.4) is 0 Å². The molecule has 0 fully saturated rings. The van der Waals surface area contributed by atoms with Crippen molar-refractivity contribution in [1.82, 2.24) is 14.7 Å². The Balaban J connectivity index is 2.86. The van der Waals surface area contributed by atoms with Crippen LogP contribution in [0.1, 0.15) is 30.4 Å².